The predicted molar refractivity (Wildman–Crippen MR) is 109 cm³/mol. The molecule has 0 aliphatic rings. The number of carboxylic acids is 1. The SMILES string of the molecule is COc1ccccc1CCNc1nc(C)cc(Nc2cccc(C(=O)O)c2)n1. The number of benzene rings is 2. The van der Waals surface area contributed by atoms with Crippen LogP contribution in [0.1, 0.15) is 21.6 Å². The molecule has 0 radical (unpaired) electrons. The average Bonchev–Trinajstić information content (AvgIpc) is 2.68. The van der Waals surface area contributed by atoms with Crippen molar-refractivity contribution in [3.63, 3.8) is 0 Å². The minimum Gasteiger partial charge on any atom is -0.496 e. The number of carboxylic acid groups (broad SMARTS) is 1. The van der Waals surface area contributed by atoms with Gasteiger partial charge in [-0.05, 0) is 43.2 Å². The van der Waals surface area contributed by atoms with Gasteiger partial charge in [-0.15, -0.1) is 0 Å². The topological polar surface area (TPSA) is 96.4 Å². The minimum absolute atomic E-state index is 0.214. The molecule has 3 aromatic rings. The van der Waals surface area contributed by atoms with Gasteiger partial charge < -0.3 is 20.5 Å². The number of hydrogen-bond acceptors (Lipinski definition) is 6. The number of para-hydroxylation sites is 1. The highest BCUT2D eigenvalue weighted by molar-refractivity contribution is 5.89. The van der Waals surface area contributed by atoms with E-state index in [0.29, 0.717) is 24.0 Å². The van der Waals surface area contributed by atoms with Crippen molar-refractivity contribution >= 4 is 23.4 Å². The highest BCUT2D eigenvalue weighted by atomic mass is 16.5. The summed E-state index contributed by atoms with van der Waals surface area (Å²) in [6.45, 7) is 2.53. The lowest BCUT2D eigenvalue weighted by Gasteiger charge is -2.11. The molecule has 0 amide bonds. The van der Waals surface area contributed by atoms with E-state index in [1.165, 1.54) is 0 Å². The van der Waals surface area contributed by atoms with Crippen LogP contribution in [0.4, 0.5) is 17.5 Å². The van der Waals surface area contributed by atoms with E-state index in [9.17, 15) is 4.79 Å². The number of nitrogens with zero attached hydrogens (tertiary/aromatic N) is 2. The molecule has 0 fully saturated rings. The summed E-state index contributed by atoms with van der Waals surface area (Å²) < 4.78 is 5.37. The lowest BCUT2D eigenvalue weighted by atomic mass is 10.1. The van der Waals surface area contributed by atoms with E-state index in [4.69, 9.17) is 9.84 Å². The van der Waals surface area contributed by atoms with Crippen LogP contribution in [0.5, 0.6) is 5.75 Å². The summed E-state index contributed by atoms with van der Waals surface area (Å²) in [6.07, 6.45) is 0.769. The molecule has 7 heteroatoms. The van der Waals surface area contributed by atoms with Gasteiger partial charge >= 0.3 is 5.97 Å². The highest BCUT2D eigenvalue weighted by Crippen LogP contribution is 2.19. The Morgan fingerprint density at radius 2 is 1.93 bits per heavy atom. The fourth-order valence-corrected chi connectivity index (χ4v) is 2.81. The normalized spacial score (nSPS) is 10.4. The molecule has 0 unspecified atom stereocenters. The molecular formula is C21H22N4O3. The first-order chi connectivity index (χ1) is 13.5. The maximum absolute atomic E-state index is 11.1. The average molecular weight is 378 g/mol. The van der Waals surface area contributed by atoms with E-state index in [-0.39, 0.29) is 5.56 Å². The Morgan fingerprint density at radius 1 is 1.11 bits per heavy atom. The van der Waals surface area contributed by atoms with Crippen LogP contribution in [0.25, 0.3) is 0 Å². The van der Waals surface area contributed by atoms with Crippen LogP contribution < -0.4 is 15.4 Å². The molecule has 0 atom stereocenters. The molecule has 28 heavy (non-hydrogen) atoms. The fourth-order valence-electron chi connectivity index (χ4n) is 2.81. The minimum atomic E-state index is -0.971. The summed E-state index contributed by atoms with van der Waals surface area (Å²) in [5.74, 6) is 0.984. The molecule has 3 rings (SSSR count). The van der Waals surface area contributed by atoms with E-state index in [1.807, 2.05) is 31.2 Å². The Kier molecular flexibility index (Phi) is 6.06. The van der Waals surface area contributed by atoms with Crippen LogP contribution in [0, 0.1) is 6.92 Å². The molecule has 0 aliphatic carbocycles. The Morgan fingerprint density at radius 3 is 2.71 bits per heavy atom. The van der Waals surface area contributed by atoms with Crippen LogP contribution in [-0.4, -0.2) is 34.7 Å². The van der Waals surface area contributed by atoms with Gasteiger partial charge in [0.25, 0.3) is 0 Å². The molecule has 0 bridgehead atoms. The zero-order valence-electron chi connectivity index (χ0n) is 15.8. The third-order valence-corrected chi connectivity index (χ3v) is 4.11. The highest BCUT2D eigenvalue weighted by Gasteiger charge is 2.07. The molecule has 0 saturated heterocycles. The number of anilines is 3. The van der Waals surface area contributed by atoms with E-state index < -0.39 is 5.97 Å². The zero-order chi connectivity index (χ0) is 19.9. The number of carbonyl (C=O) groups is 1. The monoisotopic (exact) mass is 378 g/mol. The van der Waals surface area contributed by atoms with Crippen molar-refractivity contribution in [2.45, 2.75) is 13.3 Å². The van der Waals surface area contributed by atoms with Gasteiger partial charge in [0.2, 0.25) is 5.95 Å². The third kappa shape index (κ3) is 4.97. The van der Waals surface area contributed by atoms with Gasteiger partial charge in [-0.25, -0.2) is 9.78 Å². The summed E-state index contributed by atoms with van der Waals surface area (Å²) in [4.78, 5) is 20.0. The number of aromatic carboxylic acids is 1. The number of hydrogen-bond donors (Lipinski definition) is 3. The largest absolute Gasteiger partial charge is 0.496 e. The first-order valence-electron chi connectivity index (χ1n) is 8.87. The fraction of sp³-hybridized carbons (Fsp3) is 0.190. The maximum Gasteiger partial charge on any atom is 0.335 e. The second-order valence-electron chi connectivity index (χ2n) is 6.22. The molecule has 7 nitrogen and oxygen atoms in total. The summed E-state index contributed by atoms with van der Waals surface area (Å²) >= 11 is 0. The maximum atomic E-state index is 11.1. The molecule has 3 N–H and O–H groups in total. The second-order valence-corrected chi connectivity index (χ2v) is 6.22. The molecule has 2 aromatic carbocycles. The smallest absolute Gasteiger partial charge is 0.335 e. The second kappa shape index (κ2) is 8.85. The quantitative estimate of drug-likeness (QED) is 0.547. The van der Waals surface area contributed by atoms with Crippen molar-refractivity contribution in [2.24, 2.45) is 0 Å². The first kappa shape index (κ1) is 19.2. The molecule has 0 spiro atoms. The molecule has 1 heterocycles. The zero-order valence-corrected chi connectivity index (χ0v) is 15.8. The van der Waals surface area contributed by atoms with Gasteiger partial charge in [0, 0.05) is 24.0 Å². The third-order valence-electron chi connectivity index (χ3n) is 4.11. The van der Waals surface area contributed by atoms with E-state index in [2.05, 4.69) is 20.6 Å². The number of aromatic nitrogens is 2. The summed E-state index contributed by atoms with van der Waals surface area (Å²) in [5, 5.41) is 15.5. The first-order valence-corrected chi connectivity index (χ1v) is 8.87. The Hall–Kier alpha value is -3.61. The van der Waals surface area contributed by atoms with Gasteiger partial charge in [-0.1, -0.05) is 24.3 Å². The summed E-state index contributed by atoms with van der Waals surface area (Å²) in [5.41, 5.74) is 2.77. The van der Waals surface area contributed by atoms with Gasteiger partial charge in [-0.2, -0.15) is 4.98 Å². The lowest BCUT2D eigenvalue weighted by molar-refractivity contribution is 0.0697. The van der Waals surface area contributed by atoms with Crippen LogP contribution in [0.15, 0.2) is 54.6 Å². The number of methoxy groups -OCH3 is 1. The van der Waals surface area contributed by atoms with Gasteiger partial charge in [0.1, 0.15) is 11.6 Å². The number of ether oxygens (including phenoxy) is 1. The molecule has 0 aliphatic heterocycles. The Bertz CT molecular complexity index is 975. The van der Waals surface area contributed by atoms with Crippen LogP contribution in [0.2, 0.25) is 0 Å². The molecule has 0 saturated carbocycles. The van der Waals surface area contributed by atoms with E-state index in [0.717, 1.165) is 23.4 Å². The standard InChI is InChI=1S/C21H22N4O3/c1-14-12-19(24-17-8-5-7-16(13-17)20(26)27)25-21(23-14)22-11-10-15-6-3-4-9-18(15)28-2/h3-9,12-13H,10-11H2,1-2H3,(H,26,27)(H2,22,23,24,25). The van der Waals surface area contributed by atoms with Crippen molar-refractivity contribution in [3.8, 4) is 5.75 Å². The molecule has 144 valence electrons. The Labute approximate surface area is 163 Å². The summed E-state index contributed by atoms with van der Waals surface area (Å²) in [7, 11) is 1.66. The number of aryl methyl sites for hydroxylation is 1. The van der Waals surface area contributed by atoms with Crippen molar-refractivity contribution in [3.05, 3.63) is 71.4 Å². The predicted octanol–water partition coefficient (Wildman–Crippen LogP) is 3.89. The van der Waals surface area contributed by atoms with Crippen molar-refractivity contribution < 1.29 is 14.6 Å². The number of nitrogens with one attached hydrogen (secondary N) is 2. The van der Waals surface area contributed by atoms with E-state index in [1.54, 1.807) is 37.4 Å². The van der Waals surface area contributed by atoms with E-state index >= 15 is 0 Å². The lowest BCUT2D eigenvalue weighted by Crippen LogP contribution is -2.10. The van der Waals surface area contributed by atoms with Crippen LogP contribution in [-0.2, 0) is 6.42 Å². The van der Waals surface area contributed by atoms with Gasteiger partial charge in [-0.3, -0.25) is 0 Å². The van der Waals surface area contributed by atoms with Crippen LogP contribution in [0.3, 0.4) is 0 Å². The van der Waals surface area contributed by atoms with Gasteiger partial charge in [0.15, 0.2) is 0 Å². The molecule has 1 aromatic heterocycles. The van der Waals surface area contributed by atoms with Crippen LogP contribution >= 0.6 is 0 Å². The number of rotatable bonds is 8. The van der Waals surface area contributed by atoms with Crippen molar-refractivity contribution in [1.82, 2.24) is 9.97 Å². The van der Waals surface area contributed by atoms with Gasteiger partial charge in [0.05, 0.1) is 12.7 Å². The summed E-state index contributed by atoms with van der Waals surface area (Å²) in [6, 6.07) is 16.3. The molecular weight excluding hydrogens is 356 g/mol. The van der Waals surface area contributed by atoms with Crippen molar-refractivity contribution in [1.29, 1.82) is 0 Å². The Balaban J connectivity index is 1.68. The van der Waals surface area contributed by atoms with Crippen molar-refractivity contribution in [2.75, 3.05) is 24.3 Å².